The molecule has 0 spiro atoms. The molecule has 6 heteroatoms. The van der Waals surface area contributed by atoms with Crippen LogP contribution in [-0.2, 0) is 11.2 Å². The summed E-state index contributed by atoms with van der Waals surface area (Å²) in [7, 11) is 2.30. The number of piperazine rings is 1. The average Bonchev–Trinajstić information content (AvgIpc) is 3.51. The molecule has 3 saturated heterocycles. The summed E-state index contributed by atoms with van der Waals surface area (Å²) in [5, 5.41) is 5.22. The number of rotatable bonds is 3. The van der Waals surface area contributed by atoms with Gasteiger partial charge in [-0.25, -0.2) is 0 Å². The minimum atomic E-state index is 0.165. The molecule has 7 rings (SSSR count). The molecule has 5 atom stereocenters. The van der Waals surface area contributed by atoms with E-state index in [4.69, 9.17) is 4.74 Å². The third-order valence-corrected chi connectivity index (χ3v) is 8.43. The predicted molar refractivity (Wildman–Crippen MR) is 123 cm³/mol. The van der Waals surface area contributed by atoms with E-state index >= 15 is 0 Å². The first kappa shape index (κ1) is 18.8. The van der Waals surface area contributed by atoms with Crippen molar-refractivity contribution in [3.63, 3.8) is 0 Å². The summed E-state index contributed by atoms with van der Waals surface area (Å²) < 4.78 is 6.52. The topological polar surface area (TPSA) is 46.8 Å². The van der Waals surface area contributed by atoms with E-state index in [1.807, 2.05) is 0 Å². The molecule has 5 aliphatic rings. The molecular weight excluding hydrogens is 386 g/mol. The van der Waals surface area contributed by atoms with E-state index in [0.717, 1.165) is 32.6 Å². The van der Waals surface area contributed by atoms with Crippen LogP contribution in [0.5, 0.6) is 0 Å². The zero-order valence-electron chi connectivity index (χ0n) is 18.4. The standard InChI is InChI=1S/C25H33N5O/c1-28-14-16(10-19-18-4-2-5-20-24(18)17(13-26-20)11-22(19)28)12-27-23-15-30-9-8-29-7-3-6-21(29)25(30)31-23/h2,4-5,10,13,16,21-23,25-27H,3,6-9,11-12,14-15H2,1H3/t16-,21-,22+,23+,25-/m0/s1. The predicted octanol–water partition coefficient (Wildman–Crippen LogP) is 2.09. The van der Waals surface area contributed by atoms with Gasteiger partial charge in [-0.15, -0.1) is 0 Å². The van der Waals surface area contributed by atoms with Gasteiger partial charge in [-0.1, -0.05) is 18.2 Å². The van der Waals surface area contributed by atoms with E-state index in [1.165, 1.54) is 53.5 Å². The van der Waals surface area contributed by atoms with Crippen LogP contribution in [0.4, 0.5) is 0 Å². The fourth-order valence-corrected chi connectivity index (χ4v) is 6.95. The number of aromatic nitrogens is 1. The maximum Gasteiger partial charge on any atom is 0.128 e. The third-order valence-electron chi connectivity index (χ3n) is 8.43. The second-order valence-electron chi connectivity index (χ2n) is 10.2. The number of benzene rings is 1. The Morgan fingerprint density at radius 2 is 2.10 bits per heavy atom. The first-order chi connectivity index (χ1) is 15.2. The van der Waals surface area contributed by atoms with Crippen LogP contribution in [0, 0.1) is 5.92 Å². The molecule has 3 fully saturated rings. The first-order valence-electron chi connectivity index (χ1n) is 12.1. The summed E-state index contributed by atoms with van der Waals surface area (Å²) in [5.41, 5.74) is 5.68. The summed E-state index contributed by atoms with van der Waals surface area (Å²) in [6.07, 6.45) is 8.97. The maximum absolute atomic E-state index is 6.52. The highest BCUT2D eigenvalue weighted by Crippen LogP contribution is 2.40. The van der Waals surface area contributed by atoms with Gasteiger partial charge in [-0.2, -0.15) is 0 Å². The molecule has 1 aromatic heterocycles. The van der Waals surface area contributed by atoms with Gasteiger partial charge in [0, 0.05) is 67.8 Å². The lowest BCUT2D eigenvalue weighted by Gasteiger charge is -2.40. The summed E-state index contributed by atoms with van der Waals surface area (Å²) >= 11 is 0. The van der Waals surface area contributed by atoms with Crippen molar-refractivity contribution in [3.8, 4) is 0 Å². The van der Waals surface area contributed by atoms with Gasteiger partial charge >= 0.3 is 0 Å². The summed E-state index contributed by atoms with van der Waals surface area (Å²) in [5.74, 6) is 0.510. The van der Waals surface area contributed by atoms with E-state index in [0.29, 0.717) is 24.2 Å². The lowest BCUT2D eigenvalue weighted by Crippen LogP contribution is -2.54. The van der Waals surface area contributed by atoms with Crippen molar-refractivity contribution in [2.45, 2.75) is 43.8 Å². The molecule has 31 heavy (non-hydrogen) atoms. The van der Waals surface area contributed by atoms with Crippen LogP contribution >= 0.6 is 0 Å². The van der Waals surface area contributed by atoms with Crippen molar-refractivity contribution in [2.75, 3.05) is 46.3 Å². The lowest BCUT2D eigenvalue weighted by atomic mass is 9.80. The second-order valence-corrected chi connectivity index (χ2v) is 10.2. The number of nitrogens with one attached hydrogen (secondary N) is 2. The Balaban J connectivity index is 1.08. The van der Waals surface area contributed by atoms with Crippen LogP contribution < -0.4 is 5.32 Å². The quantitative estimate of drug-likeness (QED) is 0.798. The Hall–Kier alpha value is -1.70. The van der Waals surface area contributed by atoms with Crippen LogP contribution in [-0.4, -0.2) is 90.5 Å². The molecule has 5 heterocycles. The molecule has 0 saturated carbocycles. The summed E-state index contributed by atoms with van der Waals surface area (Å²) in [6, 6.07) is 7.81. The fourth-order valence-electron chi connectivity index (χ4n) is 6.95. The van der Waals surface area contributed by atoms with Crippen molar-refractivity contribution in [1.29, 1.82) is 0 Å². The minimum absolute atomic E-state index is 0.165. The molecule has 1 aromatic carbocycles. The van der Waals surface area contributed by atoms with E-state index in [-0.39, 0.29) is 6.23 Å². The second kappa shape index (κ2) is 7.15. The van der Waals surface area contributed by atoms with Gasteiger partial charge in [-0.3, -0.25) is 20.0 Å². The Morgan fingerprint density at radius 3 is 3.06 bits per heavy atom. The Kier molecular flexibility index (Phi) is 4.35. The lowest BCUT2D eigenvalue weighted by molar-refractivity contribution is -0.0795. The van der Waals surface area contributed by atoms with Gasteiger partial charge in [0.05, 0.1) is 0 Å². The van der Waals surface area contributed by atoms with Gasteiger partial charge in [0.1, 0.15) is 12.5 Å². The molecule has 164 valence electrons. The van der Waals surface area contributed by atoms with Gasteiger partial charge in [0.2, 0.25) is 0 Å². The van der Waals surface area contributed by atoms with Crippen LogP contribution in [0.25, 0.3) is 16.5 Å². The van der Waals surface area contributed by atoms with Crippen molar-refractivity contribution in [2.24, 2.45) is 5.92 Å². The third kappa shape index (κ3) is 2.96. The maximum atomic E-state index is 6.52. The number of ether oxygens (including phenoxy) is 1. The van der Waals surface area contributed by atoms with E-state index in [9.17, 15) is 0 Å². The number of H-pyrrole nitrogens is 1. The van der Waals surface area contributed by atoms with Crippen LogP contribution in [0.3, 0.4) is 0 Å². The number of nitrogens with zero attached hydrogens (tertiary/aromatic N) is 3. The zero-order valence-corrected chi connectivity index (χ0v) is 18.4. The van der Waals surface area contributed by atoms with Gasteiger partial charge in [-0.05, 0) is 55.6 Å². The highest BCUT2D eigenvalue weighted by atomic mass is 16.5. The largest absolute Gasteiger partial charge is 0.361 e. The van der Waals surface area contributed by atoms with Crippen molar-refractivity contribution < 1.29 is 4.74 Å². The zero-order chi connectivity index (χ0) is 20.5. The minimum Gasteiger partial charge on any atom is -0.361 e. The molecule has 0 unspecified atom stereocenters. The Morgan fingerprint density at radius 1 is 1.16 bits per heavy atom. The fraction of sp³-hybridized carbons (Fsp3) is 0.600. The molecule has 4 aliphatic heterocycles. The monoisotopic (exact) mass is 419 g/mol. The summed E-state index contributed by atoms with van der Waals surface area (Å²) in [4.78, 5) is 11.2. The normalized spacial score (nSPS) is 35.8. The molecule has 2 N–H and O–H groups in total. The Bertz CT molecular complexity index is 1030. The van der Waals surface area contributed by atoms with E-state index < -0.39 is 0 Å². The number of likely N-dealkylation sites (N-methyl/N-ethyl adjacent to an activating group) is 1. The highest BCUT2D eigenvalue weighted by molar-refractivity contribution is 5.98. The molecular formula is C25H33N5O. The number of fused-ring (bicyclic) bond motifs is 5. The molecule has 2 aromatic rings. The first-order valence-corrected chi connectivity index (χ1v) is 12.1. The van der Waals surface area contributed by atoms with Crippen molar-refractivity contribution in [3.05, 3.63) is 41.6 Å². The summed E-state index contributed by atoms with van der Waals surface area (Å²) in [6.45, 7) is 6.74. The molecule has 0 radical (unpaired) electrons. The van der Waals surface area contributed by atoms with Crippen molar-refractivity contribution in [1.82, 2.24) is 25.0 Å². The molecule has 1 aliphatic carbocycles. The van der Waals surface area contributed by atoms with Crippen LogP contribution in [0.1, 0.15) is 24.0 Å². The smallest absolute Gasteiger partial charge is 0.128 e. The SMILES string of the molecule is CN1C[C@H](CN[C@H]2CN3CCN4CCC[C@H]4[C@@H]3O2)C=C2c3cccc4[nH]cc(c34)C[C@H]21. The van der Waals surface area contributed by atoms with Gasteiger partial charge in [0.15, 0.2) is 0 Å². The number of hydrogen-bond donors (Lipinski definition) is 2. The van der Waals surface area contributed by atoms with E-state index in [2.05, 4.69) is 62.5 Å². The van der Waals surface area contributed by atoms with Crippen molar-refractivity contribution >= 4 is 16.5 Å². The van der Waals surface area contributed by atoms with Gasteiger partial charge < -0.3 is 9.72 Å². The van der Waals surface area contributed by atoms with E-state index in [1.54, 1.807) is 0 Å². The average molecular weight is 420 g/mol. The highest BCUT2D eigenvalue weighted by Gasteiger charge is 2.45. The van der Waals surface area contributed by atoms with Gasteiger partial charge in [0.25, 0.3) is 0 Å². The number of hydrogen-bond acceptors (Lipinski definition) is 5. The number of aromatic amines is 1. The molecule has 6 nitrogen and oxygen atoms in total. The molecule has 0 amide bonds. The van der Waals surface area contributed by atoms with Crippen LogP contribution in [0.15, 0.2) is 30.5 Å². The van der Waals surface area contributed by atoms with Crippen LogP contribution in [0.2, 0.25) is 0 Å². The molecule has 0 bridgehead atoms. The Labute approximate surface area is 184 Å².